The number of rotatable bonds is 4. The lowest BCUT2D eigenvalue weighted by Gasteiger charge is -2.15. The van der Waals surface area contributed by atoms with Gasteiger partial charge < -0.3 is 4.74 Å². The summed E-state index contributed by atoms with van der Waals surface area (Å²) in [5.41, 5.74) is 1.77. The summed E-state index contributed by atoms with van der Waals surface area (Å²) in [6.07, 6.45) is 5.13. The van der Waals surface area contributed by atoms with E-state index in [2.05, 4.69) is 0 Å². The second kappa shape index (κ2) is 6.59. The molecule has 2 atom stereocenters. The molecule has 0 bridgehead atoms. The van der Waals surface area contributed by atoms with Crippen LogP contribution in [0, 0.1) is 25.7 Å². The molecule has 1 aliphatic heterocycles. The molecule has 0 spiro atoms. The Morgan fingerprint density at radius 3 is 2.17 bits per heavy atom. The molecular formula is C19H21NO4. The zero-order valence-electron chi connectivity index (χ0n) is 14.0. The van der Waals surface area contributed by atoms with E-state index in [1.54, 1.807) is 0 Å². The van der Waals surface area contributed by atoms with Crippen LogP contribution in [0.4, 0.5) is 0 Å². The van der Waals surface area contributed by atoms with Gasteiger partial charge in [0.05, 0.1) is 18.3 Å². The first-order chi connectivity index (χ1) is 11.5. The van der Waals surface area contributed by atoms with E-state index in [1.165, 1.54) is 4.90 Å². The van der Waals surface area contributed by atoms with Crippen molar-refractivity contribution in [2.24, 2.45) is 11.8 Å². The van der Waals surface area contributed by atoms with Crippen molar-refractivity contribution in [3.05, 3.63) is 41.5 Å². The Hall–Kier alpha value is -2.43. The SMILES string of the molecule is Cc1cccc(C)c1OC(=O)CCN1C(=O)[C@H]2CC=CC[C@H]2C1=O. The van der Waals surface area contributed by atoms with Gasteiger partial charge in [0, 0.05) is 6.54 Å². The molecule has 5 heteroatoms. The summed E-state index contributed by atoms with van der Waals surface area (Å²) in [5, 5.41) is 0. The molecule has 2 aliphatic rings. The van der Waals surface area contributed by atoms with Crippen molar-refractivity contribution < 1.29 is 19.1 Å². The second-order valence-corrected chi connectivity index (χ2v) is 6.43. The number of carbonyl (C=O) groups excluding carboxylic acids is 3. The van der Waals surface area contributed by atoms with Crippen molar-refractivity contribution in [2.45, 2.75) is 33.1 Å². The standard InChI is InChI=1S/C19H21NO4/c1-12-6-5-7-13(2)17(12)24-16(21)10-11-20-18(22)14-8-3-4-9-15(14)19(20)23/h3-7,14-15H,8-11H2,1-2H3/t14-,15+. The van der Waals surface area contributed by atoms with Crippen LogP contribution in [0.1, 0.15) is 30.4 Å². The third-order valence-corrected chi connectivity index (χ3v) is 4.76. The third kappa shape index (κ3) is 2.98. The maximum absolute atomic E-state index is 12.3. The average Bonchev–Trinajstić information content (AvgIpc) is 2.81. The van der Waals surface area contributed by atoms with E-state index in [4.69, 9.17) is 4.74 Å². The molecule has 0 saturated carbocycles. The normalized spacial score (nSPS) is 22.7. The summed E-state index contributed by atoms with van der Waals surface area (Å²) < 4.78 is 5.42. The Labute approximate surface area is 141 Å². The number of carbonyl (C=O) groups is 3. The lowest BCUT2D eigenvalue weighted by atomic mass is 9.85. The Kier molecular flexibility index (Phi) is 4.51. The fraction of sp³-hybridized carbons (Fsp3) is 0.421. The van der Waals surface area contributed by atoms with E-state index in [1.807, 2.05) is 44.2 Å². The number of benzene rings is 1. The summed E-state index contributed by atoms with van der Waals surface area (Å²) in [6.45, 7) is 3.84. The van der Waals surface area contributed by atoms with Crippen LogP contribution in [0.25, 0.3) is 0 Å². The number of hydrogen-bond acceptors (Lipinski definition) is 4. The van der Waals surface area contributed by atoms with Gasteiger partial charge in [-0.1, -0.05) is 30.4 Å². The second-order valence-electron chi connectivity index (χ2n) is 6.43. The lowest BCUT2D eigenvalue weighted by Crippen LogP contribution is -2.33. The van der Waals surface area contributed by atoms with E-state index >= 15 is 0 Å². The minimum Gasteiger partial charge on any atom is -0.426 e. The number of allylic oxidation sites excluding steroid dienone is 2. The van der Waals surface area contributed by atoms with Gasteiger partial charge in [0.15, 0.2) is 0 Å². The van der Waals surface area contributed by atoms with E-state index in [0.29, 0.717) is 18.6 Å². The number of esters is 1. The van der Waals surface area contributed by atoms with Crippen LogP contribution < -0.4 is 4.74 Å². The van der Waals surface area contributed by atoms with Crippen molar-refractivity contribution in [3.8, 4) is 5.75 Å². The first-order valence-electron chi connectivity index (χ1n) is 8.26. The van der Waals surface area contributed by atoms with Gasteiger partial charge in [0.1, 0.15) is 5.75 Å². The molecule has 0 radical (unpaired) electrons. The Morgan fingerprint density at radius 1 is 1.08 bits per heavy atom. The first-order valence-corrected chi connectivity index (χ1v) is 8.26. The number of likely N-dealkylation sites (tertiary alicyclic amines) is 1. The highest BCUT2D eigenvalue weighted by molar-refractivity contribution is 6.05. The molecule has 5 nitrogen and oxygen atoms in total. The molecule has 1 heterocycles. The van der Waals surface area contributed by atoms with Gasteiger partial charge in [0.25, 0.3) is 0 Å². The summed E-state index contributed by atoms with van der Waals surface area (Å²) in [6, 6.07) is 5.65. The van der Waals surface area contributed by atoms with E-state index in [-0.39, 0.29) is 36.6 Å². The van der Waals surface area contributed by atoms with E-state index < -0.39 is 5.97 Å². The highest BCUT2D eigenvalue weighted by Crippen LogP contribution is 2.35. The van der Waals surface area contributed by atoms with Crippen LogP contribution in [-0.4, -0.2) is 29.2 Å². The summed E-state index contributed by atoms with van der Waals surface area (Å²) >= 11 is 0. The Bertz CT molecular complexity index is 676. The summed E-state index contributed by atoms with van der Waals surface area (Å²) in [5.74, 6) is -0.696. The zero-order chi connectivity index (χ0) is 17.3. The molecule has 0 N–H and O–H groups in total. The smallest absolute Gasteiger partial charge is 0.313 e. The molecule has 2 amide bonds. The minimum atomic E-state index is -0.430. The Morgan fingerprint density at radius 2 is 1.62 bits per heavy atom. The summed E-state index contributed by atoms with van der Waals surface area (Å²) in [4.78, 5) is 38.0. The average molecular weight is 327 g/mol. The largest absolute Gasteiger partial charge is 0.426 e. The molecule has 126 valence electrons. The van der Waals surface area contributed by atoms with Crippen LogP contribution >= 0.6 is 0 Å². The van der Waals surface area contributed by atoms with Crippen LogP contribution in [0.3, 0.4) is 0 Å². The lowest BCUT2D eigenvalue weighted by molar-refractivity contribution is -0.141. The van der Waals surface area contributed by atoms with Crippen molar-refractivity contribution >= 4 is 17.8 Å². The molecule has 1 aromatic carbocycles. The maximum atomic E-state index is 12.3. The molecule has 0 unspecified atom stereocenters. The first kappa shape index (κ1) is 16.4. The van der Waals surface area contributed by atoms with Gasteiger partial charge >= 0.3 is 5.97 Å². The number of para-hydroxylation sites is 1. The molecule has 3 rings (SSSR count). The van der Waals surface area contributed by atoms with Crippen molar-refractivity contribution in [3.63, 3.8) is 0 Å². The van der Waals surface area contributed by atoms with Crippen molar-refractivity contribution in [1.82, 2.24) is 4.90 Å². The minimum absolute atomic E-state index is 0.0120. The molecule has 1 aliphatic carbocycles. The number of aryl methyl sites for hydroxylation is 2. The monoisotopic (exact) mass is 327 g/mol. The van der Waals surface area contributed by atoms with E-state index in [9.17, 15) is 14.4 Å². The van der Waals surface area contributed by atoms with Gasteiger partial charge in [-0.05, 0) is 37.8 Å². The Balaban J connectivity index is 1.61. The topological polar surface area (TPSA) is 63.7 Å². The number of fused-ring (bicyclic) bond motifs is 1. The zero-order valence-corrected chi connectivity index (χ0v) is 14.0. The molecule has 24 heavy (non-hydrogen) atoms. The van der Waals surface area contributed by atoms with Gasteiger partial charge in [-0.2, -0.15) is 0 Å². The predicted octanol–water partition coefficient (Wildman–Crippen LogP) is 2.55. The molecular weight excluding hydrogens is 306 g/mol. The number of nitrogens with zero attached hydrogens (tertiary/aromatic N) is 1. The van der Waals surface area contributed by atoms with Gasteiger partial charge in [-0.15, -0.1) is 0 Å². The molecule has 0 aromatic heterocycles. The van der Waals surface area contributed by atoms with Crippen molar-refractivity contribution in [2.75, 3.05) is 6.54 Å². The van der Waals surface area contributed by atoms with Crippen LogP contribution in [-0.2, 0) is 14.4 Å². The van der Waals surface area contributed by atoms with Gasteiger partial charge in [0.2, 0.25) is 11.8 Å². The van der Waals surface area contributed by atoms with E-state index in [0.717, 1.165) is 11.1 Å². The van der Waals surface area contributed by atoms with Gasteiger partial charge in [-0.25, -0.2) is 0 Å². The van der Waals surface area contributed by atoms with Crippen LogP contribution in [0.15, 0.2) is 30.4 Å². The number of ether oxygens (including phenoxy) is 1. The summed E-state index contributed by atoms with van der Waals surface area (Å²) in [7, 11) is 0. The van der Waals surface area contributed by atoms with Crippen LogP contribution in [0.2, 0.25) is 0 Å². The van der Waals surface area contributed by atoms with Crippen molar-refractivity contribution in [1.29, 1.82) is 0 Å². The third-order valence-electron chi connectivity index (χ3n) is 4.76. The molecule has 1 aromatic rings. The molecule has 1 saturated heterocycles. The van der Waals surface area contributed by atoms with Gasteiger partial charge in [-0.3, -0.25) is 19.3 Å². The number of hydrogen-bond donors (Lipinski definition) is 0. The van der Waals surface area contributed by atoms with Crippen LogP contribution in [0.5, 0.6) is 5.75 Å². The number of imide groups is 1. The predicted molar refractivity (Wildman–Crippen MR) is 88.2 cm³/mol. The highest BCUT2D eigenvalue weighted by atomic mass is 16.5. The molecule has 1 fully saturated rings. The number of amides is 2. The maximum Gasteiger partial charge on any atom is 0.313 e. The fourth-order valence-electron chi connectivity index (χ4n) is 3.42. The highest BCUT2D eigenvalue weighted by Gasteiger charge is 2.46. The fourth-order valence-corrected chi connectivity index (χ4v) is 3.42. The quantitative estimate of drug-likeness (QED) is 0.369.